The molecule has 1 heterocycles. The smallest absolute Gasteiger partial charge is 0.0902 e. The lowest BCUT2D eigenvalue weighted by atomic mass is 9.89. The topological polar surface area (TPSA) is 33.4 Å². The van der Waals surface area contributed by atoms with Gasteiger partial charge in [-0.1, -0.05) is 60.7 Å². The Morgan fingerprint density at radius 2 is 1.19 bits per heavy atom. The van der Waals surface area contributed by atoms with Gasteiger partial charge in [0.15, 0.2) is 0 Å². The first kappa shape index (κ1) is 15.1. The van der Waals surface area contributed by atoms with Crippen molar-refractivity contribution in [3.05, 3.63) is 96.4 Å². The molecule has 3 aromatic rings. The Morgan fingerprint density at radius 3 is 1.52 bits per heavy atom. The fourth-order valence-corrected chi connectivity index (χ4v) is 2.25. The Labute approximate surface area is 125 Å². The highest BCUT2D eigenvalue weighted by atomic mass is 16.3. The van der Waals surface area contributed by atoms with E-state index in [2.05, 4.69) is 28.7 Å². The molecule has 0 bridgehead atoms. The molecule has 0 saturated carbocycles. The third-order valence-corrected chi connectivity index (χ3v) is 3.25. The molecule has 0 aliphatic rings. The van der Waals surface area contributed by atoms with Gasteiger partial charge in [0.1, 0.15) is 0 Å². The van der Waals surface area contributed by atoms with Crippen LogP contribution in [0.5, 0.6) is 0 Å². The highest BCUT2D eigenvalue weighted by molar-refractivity contribution is 5.32. The Bertz CT molecular complexity index is 517. The Morgan fingerprint density at radius 1 is 0.714 bits per heavy atom. The van der Waals surface area contributed by atoms with Gasteiger partial charge in [0.25, 0.3) is 0 Å². The fraction of sp³-hybridized carbons (Fsp3) is 0.158. The Kier molecular flexibility index (Phi) is 6.30. The van der Waals surface area contributed by atoms with E-state index < -0.39 is 0 Å². The summed E-state index contributed by atoms with van der Waals surface area (Å²) in [5.74, 6) is 0.299. The zero-order valence-electron chi connectivity index (χ0n) is 11.9. The molecule has 0 aliphatic heterocycles. The van der Waals surface area contributed by atoms with E-state index in [1.54, 1.807) is 12.5 Å². The first-order chi connectivity index (χ1) is 10.4. The van der Waals surface area contributed by atoms with E-state index in [0.29, 0.717) is 5.92 Å². The average Bonchev–Trinajstić information content (AvgIpc) is 3.14. The molecule has 2 nitrogen and oxygen atoms in total. The minimum atomic E-state index is 0.217. The zero-order chi connectivity index (χ0) is 14.8. The molecule has 0 aliphatic carbocycles. The minimum Gasteiger partial charge on any atom is -0.473 e. The molecule has 0 saturated heterocycles. The third-order valence-electron chi connectivity index (χ3n) is 3.25. The standard InChI is InChI=1S/C15H16O.C4H4O/c16-12-11-15(13-7-3-1-4-8-13)14-9-5-2-6-10-14;1-2-4-5-3-1/h1-10,15-16H,11-12H2;1-4H. The van der Waals surface area contributed by atoms with Crippen LogP contribution in [-0.4, -0.2) is 11.7 Å². The van der Waals surface area contributed by atoms with Crippen molar-refractivity contribution in [2.45, 2.75) is 12.3 Å². The van der Waals surface area contributed by atoms with Gasteiger partial charge in [-0.2, -0.15) is 0 Å². The highest BCUT2D eigenvalue weighted by Crippen LogP contribution is 2.27. The monoisotopic (exact) mass is 280 g/mol. The van der Waals surface area contributed by atoms with E-state index in [0.717, 1.165) is 6.42 Å². The van der Waals surface area contributed by atoms with Crippen LogP contribution in [-0.2, 0) is 0 Å². The summed E-state index contributed by atoms with van der Waals surface area (Å²) in [6.07, 6.45) is 4.02. The average molecular weight is 280 g/mol. The third kappa shape index (κ3) is 4.93. The number of benzene rings is 2. The van der Waals surface area contributed by atoms with Crippen LogP contribution in [0.25, 0.3) is 0 Å². The van der Waals surface area contributed by atoms with E-state index >= 15 is 0 Å². The second-order valence-electron chi connectivity index (χ2n) is 4.68. The van der Waals surface area contributed by atoms with E-state index in [-0.39, 0.29) is 6.61 Å². The van der Waals surface area contributed by atoms with Crippen molar-refractivity contribution in [3.63, 3.8) is 0 Å². The highest BCUT2D eigenvalue weighted by Gasteiger charge is 2.12. The van der Waals surface area contributed by atoms with Crippen molar-refractivity contribution in [1.82, 2.24) is 0 Å². The van der Waals surface area contributed by atoms with Crippen LogP contribution in [0.3, 0.4) is 0 Å². The van der Waals surface area contributed by atoms with Crippen LogP contribution < -0.4 is 0 Å². The lowest BCUT2D eigenvalue weighted by Crippen LogP contribution is -2.03. The summed E-state index contributed by atoms with van der Waals surface area (Å²) in [4.78, 5) is 0. The van der Waals surface area contributed by atoms with Crippen LogP contribution >= 0.6 is 0 Å². The van der Waals surface area contributed by atoms with E-state index in [9.17, 15) is 0 Å². The first-order valence-corrected chi connectivity index (χ1v) is 7.09. The van der Waals surface area contributed by atoms with Crippen molar-refractivity contribution < 1.29 is 9.52 Å². The summed E-state index contributed by atoms with van der Waals surface area (Å²) >= 11 is 0. The van der Waals surface area contributed by atoms with Crippen LogP contribution in [0.15, 0.2) is 89.7 Å². The molecular formula is C19H20O2. The summed E-state index contributed by atoms with van der Waals surface area (Å²) in [5, 5.41) is 9.16. The first-order valence-electron chi connectivity index (χ1n) is 7.09. The predicted octanol–water partition coefficient (Wildman–Crippen LogP) is 4.48. The largest absolute Gasteiger partial charge is 0.473 e. The lowest BCUT2D eigenvalue weighted by molar-refractivity contribution is 0.281. The van der Waals surface area contributed by atoms with E-state index in [4.69, 9.17) is 5.11 Å². The minimum absolute atomic E-state index is 0.217. The number of hydrogen-bond acceptors (Lipinski definition) is 2. The van der Waals surface area contributed by atoms with Gasteiger partial charge in [0.05, 0.1) is 12.5 Å². The second kappa shape index (κ2) is 8.77. The van der Waals surface area contributed by atoms with Gasteiger partial charge in [-0.15, -0.1) is 0 Å². The van der Waals surface area contributed by atoms with E-state index in [1.165, 1.54) is 11.1 Å². The SMILES string of the molecule is OCCC(c1ccccc1)c1ccccc1.c1ccoc1. The normalized spacial score (nSPS) is 10.0. The van der Waals surface area contributed by atoms with Crippen LogP contribution in [0.1, 0.15) is 23.5 Å². The van der Waals surface area contributed by atoms with Gasteiger partial charge in [-0.05, 0) is 29.7 Å². The van der Waals surface area contributed by atoms with Gasteiger partial charge < -0.3 is 9.52 Å². The molecule has 21 heavy (non-hydrogen) atoms. The predicted molar refractivity (Wildman–Crippen MR) is 85.1 cm³/mol. The molecular weight excluding hydrogens is 260 g/mol. The number of furan rings is 1. The molecule has 2 aromatic carbocycles. The molecule has 108 valence electrons. The molecule has 0 radical (unpaired) electrons. The second-order valence-corrected chi connectivity index (χ2v) is 4.68. The molecule has 1 N–H and O–H groups in total. The van der Waals surface area contributed by atoms with Gasteiger partial charge in [0.2, 0.25) is 0 Å². The van der Waals surface area contributed by atoms with Gasteiger partial charge in [0, 0.05) is 12.5 Å². The molecule has 1 aromatic heterocycles. The van der Waals surface area contributed by atoms with Gasteiger partial charge in [-0.25, -0.2) is 0 Å². The fourth-order valence-electron chi connectivity index (χ4n) is 2.25. The summed E-state index contributed by atoms with van der Waals surface area (Å²) in [6, 6.07) is 24.4. The quantitative estimate of drug-likeness (QED) is 0.764. The summed E-state index contributed by atoms with van der Waals surface area (Å²) in [5.41, 5.74) is 2.53. The Balaban J connectivity index is 0.000000272. The summed E-state index contributed by atoms with van der Waals surface area (Å²) < 4.78 is 4.58. The molecule has 2 heteroatoms. The summed E-state index contributed by atoms with van der Waals surface area (Å²) in [6.45, 7) is 0.217. The molecule has 0 unspecified atom stereocenters. The van der Waals surface area contributed by atoms with Crippen LogP contribution in [0.2, 0.25) is 0 Å². The van der Waals surface area contributed by atoms with Gasteiger partial charge >= 0.3 is 0 Å². The molecule has 0 amide bonds. The Hall–Kier alpha value is -2.32. The number of aliphatic hydroxyl groups excluding tert-OH is 1. The number of hydrogen-bond donors (Lipinski definition) is 1. The molecule has 0 fully saturated rings. The van der Waals surface area contributed by atoms with Crippen molar-refractivity contribution in [3.8, 4) is 0 Å². The molecule has 0 atom stereocenters. The summed E-state index contributed by atoms with van der Waals surface area (Å²) in [7, 11) is 0. The maximum absolute atomic E-state index is 9.16. The number of aliphatic hydroxyl groups is 1. The molecule has 0 spiro atoms. The van der Waals surface area contributed by atoms with Crippen molar-refractivity contribution in [2.24, 2.45) is 0 Å². The lowest BCUT2D eigenvalue weighted by Gasteiger charge is -2.16. The van der Waals surface area contributed by atoms with E-state index in [1.807, 2.05) is 48.5 Å². The van der Waals surface area contributed by atoms with Crippen molar-refractivity contribution in [1.29, 1.82) is 0 Å². The van der Waals surface area contributed by atoms with Crippen LogP contribution in [0, 0.1) is 0 Å². The van der Waals surface area contributed by atoms with Crippen LogP contribution in [0.4, 0.5) is 0 Å². The van der Waals surface area contributed by atoms with Crippen molar-refractivity contribution in [2.75, 3.05) is 6.61 Å². The zero-order valence-corrected chi connectivity index (χ0v) is 11.9. The molecule has 3 rings (SSSR count). The van der Waals surface area contributed by atoms with Gasteiger partial charge in [-0.3, -0.25) is 0 Å². The maximum atomic E-state index is 9.16. The maximum Gasteiger partial charge on any atom is 0.0902 e. The number of rotatable bonds is 4. The van der Waals surface area contributed by atoms with Crippen molar-refractivity contribution >= 4 is 0 Å².